The molecule has 140 valence electrons. The third-order valence-electron chi connectivity index (χ3n) is 2.93. The number of urea groups is 1. The van der Waals surface area contributed by atoms with Crippen LogP contribution in [0, 0.1) is 0 Å². The highest BCUT2D eigenvalue weighted by molar-refractivity contribution is 9.11. The molecule has 0 heterocycles. The maximum absolute atomic E-state index is 12.3. The number of hydrogen-bond donors (Lipinski definition) is 3. The summed E-state index contributed by atoms with van der Waals surface area (Å²) in [4.78, 5) is 12.2. The van der Waals surface area contributed by atoms with Crippen molar-refractivity contribution < 1.29 is 27.8 Å². The van der Waals surface area contributed by atoms with Crippen molar-refractivity contribution in [2.75, 3.05) is 10.6 Å². The topological polar surface area (TPSA) is 70.6 Å². The quantitative estimate of drug-likeness (QED) is 0.427. The van der Waals surface area contributed by atoms with Crippen LogP contribution in [0.5, 0.6) is 5.75 Å². The summed E-state index contributed by atoms with van der Waals surface area (Å²) >= 11 is 9.59. The normalized spacial score (nSPS) is 11.2. The third-order valence-corrected chi connectivity index (χ3v) is 4.55. The summed E-state index contributed by atoms with van der Waals surface area (Å²) in [7, 11) is 0. The summed E-state index contributed by atoms with van der Waals surface area (Å²) in [6, 6.07) is 6.12. The molecule has 0 fully saturated rings. The summed E-state index contributed by atoms with van der Waals surface area (Å²) in [6.07, 6.45) is -4.85. The van der Waals surface area contributed by atoms with E-state index in [4.69, 9.17) is 0 Å². The van der Waals surface area contributed by atoms with Gasteiger partial charge in [-0.25, -0.2) is 4.79 Å². The van der Waals surface area contributed by atoms with Crippen LogP contribution in [0.2, 0.25) is 0 Å². The van der Waals surface area contributed by atoms with E-state index in [0.717, 1.165) is 12.1 Å². The van der Waals surface area contributed by atoms with E-state index in [1.54, 1.807) is 12.1 Å². The van der Waals surface area contributed by atoms with Crippen LogP contribution < -0.4 is 15.4 Å². The first-order valence-electron chi connectivity index (χ1n) is 6.80. The number of carbonyl (C=O) groups is 1. The van der Waals surface area contributed by atoms with Gasteiger partial charge in [-0.15, -0.1) is 13.2 Å². The molecular weight excluding hydrogens is 553 g/mol. The number of rotatable bonds is 4. The van der Waals surface area contributed by atoms with E-state index in [2.05, 4.69) is 63.2 Å². The number of amides is 2. The van der Waals surface area contributed by atoms with Gasteiger partial charge in [0.2, 0.25) is 0 Å². The number of ether oxygens (including phenoxy) is 1. The Morgan fingerprint density at radius 1 is 1.04 bits per heavy atom. The van der Waals surface area contributed by atoms with Gasteiger partial charge in [0.25, 0.3) is 0 Å². The smallest absolute Gasteiger partial charge is 0.406 e. The highest BCUT2D eigenvalue weighted by Crippen LogP contribution is 2.31. The molecule has 26 heavy (non-hydrogen) atoms. The van der Waals surface area contributed by atoms with Gasteiger partial charge in [-0.1, -0.05) is 47.8 Å². The van der Waals surface area contributed by atoms with Gasteiger partial charge in [0.1, 0.15) is 5.75 Å². The molecule has 0 unspecified atom stereocenters. The van der Waals surface area contributed by atoms with Crippen molar-refractivity contribution in [2.45, 2.75) is 13.0 Å². The lowest BCUT2D eigenvalue weighted by atomic mass is 10.2. The minimum Gasteiger partial charge on any atom is -0.406 e. The molecular formula is C15H10Br3F3N2O3. The Balaban J connectivity index is 2.18. The van der Waals surface area contributed by atoms with Crippen LogP contribution in [-0.2, 0) is 6.61 Å². The SMILES string of the molecule is O=C(Nc1cc(Br)cc(OC(F)(F)F)c1)Nc1cc(Br)cc(Br)c1CO. The predicted octanol–water partition coefficient (Wildman–Crippen LogP) is 6.01. The maximum atomic E-state index is 12.3. The molecule has 0 aliphatic heterocycles. The summed E-state index contributed by atoms with van der Waals surface area (Å²) in [5, 5.41) is 14.4. The molecule has 0 aliphatic carbocycles. The van der Waals surface area contributed by atoms with Crippen molar-refractivity contribution in [3.63, 3.8) is 0 Å². The van der Waals surface area contributed by atoms with Crippen LogP contribution in [0.3, 0.4) is 0 Å². The number of nitrogens with one attached hydrogen (secondary N) is 2. The summed E-state index contributed by atoms with van der Waals surface area (Å²) < 4.78 is 42.4. The van der Waals surface area contributed by atoms with Crippen molar-refractivity contribution in [2.24, 2.45) is 0 Å². The number of hydrogen-bond acceptors (Lipinski definition) is 3. The van der Waals surface area contributed by atoms with Crippen molar-refractivity contribution >= 4 is 65.2 Å². The number of carbonyl (C=O) groups excluding carboxylic acids is 1. The van der Waals surface area contributed by atoms with E-state index in [9.17, 15) is 23.1 Å². The van der Waals surface area contributed by atoms with E-state index >= 15 is 0 Å². The molecule has 2 rings (SSSR count). The Labute approximate surface area is 171 Å². The molecule has 11 heteroatoms. The summed E-state index contributed by atoms with van der Waals surface area (Å²) in [5.41, 5.74) is 0.849. The van der Waals surface area contributed by atoms with Crippen LogP contribution in [-0.4, -0.2) is 17.5 Å². The van der Waals surface area contributed by atoms with Gasteiger partial charge < -0.3 is 20.5 Å². The number of benzene rings is 2. The fraction of sp³-hybridized carbons (Fsp3) is 0.133. The van der Waals surface area contributed by atoms with E-state index in [1.165, 1.54) is 6.07 Å². The fourth-order valence-corrected chi connectivity index (χ4v) is 3.81. The highest BCUT2D eigenvalue weighted by Gasteiger charge is 2.31. The second kappa shape index (κ2) is 8.59. The fourth-order valence-electron chi connectivity index (χ4n) is 1.99. The van der Waals surface area contributed by atoms with Crippen LogP contribution >= 0.6 is 47.8 Å². The molecule has 2 aromatic rings. The van der Waals surface area contributed by atoms with Gasteiger partial charge >= 0.3 is 12.4 Å². The summed E-state index contributed by atoms with van der Waals surface area (Å²) in [6.45, 7) is -0.329. The zero-order valence-corrected chi connectivity index (χ0v) is 17.4. The minimum absolute atomic E-state index is 0.0794. The number of alkyl halides is 3. The predicted molar refractivity (Wildman–Crippen MR) is 101 cm³/mol. The number of aliphatic hydroxyl groups excluding tert-OH is 1. The number of aliphatic hydroxyl groups is 1. The molecule has 0 saturated heterocycles. The van der Waals surface area contributed by atoms with E-state index in [0.29, 0.717) is 20.2 Å². The average Bonchev–Trinajstić information content (AvgIpc) is 2.43. The van der Waals surface area contributed by atoms with Gasteiger partial charge in [0.15, 0.2) is 0 Å². The van der Waals surface area contributed by atoms with Crippen LogP contribution in [0.15, 0.2) is 43.7 Å². The zero-order valence-electron chi connectivity index (χ0n) is 12.6. The lowest BCUT2D eigenvalue weighted by Gasteiger charge is -2.14. The number of anilines is 2. The Kier molecular flexibility index (Phi) is 6.94. The van der Waals surface area contributed by atoms with Gasteiger partial charge in [-0.3, -0.25) is 0 Å². The second-order valence-corrected chi connectivity index (χ2v) is 7.56. The molecule has 0 radical (unpaired) electrons. The molecule has 0 aliphatic rings. The monoisotopic (exact) mass is 560 g/mol. The lowest BCUT2D eigenvalue weighted by Crippen LogP contribution is -2.21. The standard InChI is InChI=1S/C15H10Br3F3N2O3/c16-7-1-9(5-10(2-7)26-15(19,20)21)22-14(25)23-13-4-8(17)3-12(18)11(13)6-24/h1-5,24H,6H2,(H2,22,23,25). The molecule has 0 spiro atoms. The van der Waals surface area contributed by atoms with Crippen LogP contribution in [0.4, 0.5) is 29.3 Å². The Hall–Kier alpha value is -1.30. The molecule has 3 N–H and O–H groups in total. The second-order valence-electron chi connectivity index (χ2n) is 4.87. The Morgan fingerprint density at radius 2 is 1.69 bits per heavy atom. The Morgan fingerprint density at radius 3 is 2.31 bits per heavy atom. The largest absolute Gasteiger partial charge is 0.573 e. The zero-order chi connectivity index (χ0) is 19.5. The molecule has 2 amide bonds. The van der Waals surface area contributed by atoms with E-state index < -0.39 is 18.1 Å². The van der Waals surface area contributed by atoms with E-state index in [-0.39, 0.29) is 16.8 Å². The van der Waals surface area contributed by atoms with Crippen molar-refractivity contribution in [3.05, 3.63) is 49.3 Å². The maximum Gasteiger partial charge on any atom is 0.573 e. The summed E-state index contributed by atoms with van der Waals surface area (Å²) in [5.74, 6) is -0.483. The van der Waals surface area contributed by atoms with Crippen molar-refractivity contribution in [3.8, 4) is 5.75 Å². The first-order chi connectivity index (χ1) is 12.1. The number of halogens is 6. The molecule has 0 atom stereocenters. The van der Waals surface area contributed by atoms with Crippen molar-refractivity contribution in [1.82, 2.24) is 0 Å². The average molecular weight is 563 g/mol. The molecule has 0 bridgehead atoms. The van der Waals surface area contributed by atoms with Gasteiger partial charge in [0.05, 0.1) is 12.3 Å². The first kappa shape index (κ1) is 21.0. The van der Waals surface area contributed by atoms with Crippen LogP contribution in [0.1, 0.15) is 5.56 Å². The first-order valence-corrected chi connectivity index (χ1v) is 9.18. The van der Waals surface area contributed by atoms with Gasteiger partial charge in [-0.2, -0.15) is 0 Å². The highest BCUT2D eigenvalue weighted by atomic mass is 79.9. The molecule has 0 saturated carbocycles. The Bertz CT molecular complexity index is 832. The third kappa shape index (κ3) is 6.15. The molecule has 2 aromatic carbocycles. The minimum atomic E-state index is -4.85. The molecule has 0 aromatic heterocycles. The van der Waals surface area contributed by atoms with Crippen LogP contribution in [0.25, 0.3) is 0 Å². The lowest BCUT2D eigenvalue weighted by molar-refractivity contribution is -0.274. The van der Waals surface area contributed by atoms with E-state index in [1.807, 2.05) is 0 Å². The van der Waals surface area contributed by atoms with Gasteiger partial charge in [-0.05, 0) is 24.3 Å². The van der Waals surface area contributed by atoms with Crippen molar-refractivity contribution in [1.29, 1.82) is 0 Å². The van der Waals surface area contributed by atoms with Gasteiger partial charge in [0, 0.05) is 30.7 Å². The molecule has 5 nitrogen and oxygen atoms in total.